The van der Waals surface area contributed by atoms with Gasteiger partial charge < -0.3 is 31.5 Å². The lowest BCUT2D eigenvalue weighted by molar-refractivity contribution is -0.207. The van der Waals surface area contributed by atoms with E-state index in [1.807, 2.05) is 6.21 Å². The first-order valence-electron chi connectivity index (χ1n) is 14.0. The van der Waals surface area contributed by atoms with Gasteiger partial charge in [0.25, 0.3) is 0 Å². The minimum atomic E-state index is -0.611. The van der Waals surface area contributed by atoms with E-state index in [9.17, 15) is 5.11 Å². The average Bonchev–Trinajstić information content (AvgIpc) is 3.09. The van der Waals surface area contributed by atoms with Gasteiger partial charge in [-0.05, 0) is 93.9 Å². The molecule has 4 aliphatic rings. The maximum Gasteiger partial charge on any atom is 0.185 e. The molecule has 0 heterocycles. The van der Waals surface area contributed by atoms with E-state index < -0.39 is 5.60 Å². The van der Waals surface area contributed by atoms with E-state index >= 15 is 0 Å². The van der Waals surface area contributed by atoms with Gasteiger partial charge in [-0.2, -0.15) is 0 Å². The average molecular weight is 492 g/mol. The molecule has 35 heavy (non-hydrogen) atoms. The third-order valence-corrected chi connectivity index (χ3v) is 10.6. The van der Waals surface area contributed by atoms with Crippen molar-refractivity contribution in [2.45, 2.75) is 96.2 Å². The number of nitrogens with two attached hydrogens (primary N) is 2. The number of rotatable bonds is 10. The van der Waals surface area contributed by atoms with Gasteiger partial charge in [0.2, 0.25) is 0 Å². The zero-order valence-corrected chi connectivity index (χ0v) is 21.9. The first-order valence-corrected chi connectivity index (χ1v) is 14.0. The summed E-state index contributed by atoms with van der Waals surface area (Å²) in [5, 5.41) is 26.5. The number of nitrogens with one attached hydrogen (secondary N) is 2. The number of hydrogen-bond donors (Lipinski definition) is 5. The van der Waals surface area contributed by atoms with Gasteiger partial charge in [0, 0.05) is 37.1 Å². The van der Waals surface area contributed by atoms with Gasteiger partial charge in [-0.15, -0.1) is 0 Å². The van der Waals surface area contributed by atoms with E-state index in [1.165, 1.54) is 25.7 Å². The van der Waals surface area contributed by atoms with Crippen molar-refractivity contribution in [2.75, 3.05) is 26.3 Å². The van der Waals surface area contributed by atoms with Crippen molar-refractivity contribution in [1.82, 2.24) is 5.32 Å². The summed E-state index contributed by atoms with van der Waals surface area (Å²) in [5.74, 6) is 1.92. The van der Waals surface area contributed by atoms with E-state index in [0.29, 0.717) is 49.0 Å². The molecule has 4 saturated carbocycles. The van der Waals surface area contributed by atoms with Crippen molar-refractivity contribution in [3.05, 3.63) is 0 Å². The highest BCUT2D eigenvalue weighted by molar-refractivity contribution is 5.74. The SMILES string of the molecule is C[C@]12CC[C@H](OCCCN)C[C@H]1CC[C@@H]1[C@@H]2CC[C@]2(C)[C@@H](/C=N/OCCCNC(=N)N)CC[C@]12O. The van der Waals surface area contributed by atoms with Gasteiger partial charge >= 0.3 is 0 Å². The van der Waals surface area contributed by atoms with Crippen LogP contribution in [-0.4, -0.2) is 55.3 Å². The Bertz CT molecular complexity index is 765. The molecule has 0 radical (unpaired) electrons. The number of guanidine groups is 1. The van der Waals surface area contributed by atoms with Crippen LogP contribution >= 0.6 is 0 Å². The Labute approximate surface area is 211 Å². The molecule has 0 aromatic rings. The zero-order valence-electron chi connectivity index (χ0n) is 21.9. The van der Waals surface area contributed by atoms with Crippen LogP contribution in [0.2, 0.25) is 0 Å². The fraction of sp³-hybridized carbons (Fsp3) is 0.926. The molecule has 0 saturated heterocycles. The Morgan fingerprint density at radius 3 is 2.69 bits per heavy atom. The van der Waals surface area contributed by atoms with Crippen molar-refractivity contribution in [2.24, 2.45) is 51.1 Å². The van der Waals surface area contributed by atoms with Crippen LogP contribution in [0.15, 0.2) is 5.16 Å². The molecule has 4 aliphatic carbocycles. The molecule has 0 amide bonds. The molecule has 4 fully saturated rings. The fourth-order valence-corrected chi connectivity index (χ4v) is 8.48. The summed E-state index contributed by atoms with van der Waals surface area (Å²) >= 11 is 0. The van der Waals surface area contributed by atoms with Crippen molar-refractivity contribution < 1.29 is 14.7 Å². The Hall–Kier alpha value is -1.38. The highest BCUT2D eigenvalue weighted by Gasteiger charge is 2.67. The largest absolute Gasteiger partial charge is 0.396 e. The van der Waals surface area contributed by atoms with Crippen molar-refractivity contribution >= 4 is 12.2 Å². The summed E-state index contributed by atoms with van der Waals surface area (Å²) in [4.78, 5) is 5.49. The van der Waals surface area contributed by atoms with Crippen LogP contribution in [0.3, 0.4) is 0 Å². The van der Waals surface area contributed by atoms with E-state index in [1.54, 1.807) is 0 Å². The molecule has 0 aromatic heterocycles. The summed E-state index contributed by atoms with van der Waals surface area (Å²) in [6, 6.07) is 0. The smallest absolute Gasteiger partial charge is 0.185 e. The lowest BCUT2D eigenvalue weighted by Crippen LogP contribution is -2.62. The van der Waals surface area contributed by atoms with Gasteiger partial charge in [0.1, 0.15) is 6.61 Å². The maximum atomic E-state index is 12.3. The number of ether oxygens (including phenoxy) is 1. The minimum absolute atomic E-state index is 0.0194. The fourth-order valence-electron chi connectivity index (χ4n) is 8.48. The summed E-state index contributed by atoms with van der Waals surface area (Å²) in [6.45, 7) is 7.42. The first-order chi connectivity index (χ1) is 16.7. The second-order valence-electron chi connectivity index (χ2n) is 12.2. The van der Waals surface area contributed by atoms with Gasteiger partial charge in [0.05, 0.1) is 11.7 Å². The predicted molar refractivity (Wildman–Crippen MR) is 139 cm³/mol. The van der Waals surface area contributed by atoms with Crippen LogP contribution in [0.4, 0.5) is 0 Å². The standard InChI is InChI=1S/C27H49N5O3/c1-25-10-8-21(34-15-3-13-28)17-19(25)5-6-23-22(25)9-11-26(2)20(7-12-27(23,26)33)18-32-35-16-4-14-31-24(29)30/h18-23,33H,3-17,28H2,1-2H3,(H4,29,30,31)/b32-18+/t19-,20-,21+,22+,23-,25+,26-,27+/m1/s1. The van der Waals surface area contributed by atoms with Crippen LogP contribution in [0.5, 0.6) is 0 Å². The van der Waals surface area contributed by atoms with Gasteiger partial charge in [-0.25, -0.2) is 0 Å². The molecule has 8 atom stereocenters. The number of oxime groups is 1. The van der Waals surface area contributed by atoms with Crippen molar-refractivity contribution in [3.63, 3.8) is 0 Å². The van der Waals surface area contributed by atoms with Gasteiger partial charge in [0.15, 0.2) is 5.96 Å². The van der Waals surface area contributed by atoms with E-state index in [2.05, 4.69) is 24.3 Å². The lowest BCUT2D eigenvalue weighted by atomic mass is 9.43. The van der Waals surface area contributed by atoms with Crippen LogP contribution in [-0.2, 0) is 9.57 Å². The van der Waals surface area contributed by atoms with Crippen LogP contribution in [0.25, 0.3) is 0 Å². The predicted octanol–water partition coefficient (Wildman–Crippen LogP) is 3.37. The molecule has 0 unspecified atom stereocenters. The Morgan fingerprint density at radius 1 is 1.09 bits per heavy atom. The molecule has 0 bridgehead atoms. The molecule has 0 aliphatic heterocycles. The Kier molecular flexibility index (Phi) is 8.33. The third-order valence-electron chi connectivity index (χ3n) is 10.6. The quantitative estimate of drug-likeness (QED) is 0.137. The normalized spacial score (nSPS) is 42.8. The van der Waals surface area contributed by atoms with E-state index in [0.717, 1.165) is 51.6 Å². The molecule has 8 nitrogen and oxygen atoms in total. The van der Waals surface area contributed by atoms with Crippen molar-refractivity contribution in [1.29, 1.82) is 5.41 Å². The summed E-state index contributed by atoms with van der Waals surface area (Å²) in [5.41, 5.74) is 10.5. The molecule has 0 aromatic carbocycles. The summed E-state index contributed by atoms with van der Waals surface area (Å²) < 4.78 is 6.18. The third kappa shape index (κ3) is 5.08. The second kappa shape index (κ2) is 10.9. The second-order valence-corrected chi connectivity index (χ2v) is 12.2. The van der Waals surface area contributed by atoms with Gasteiger partial charge in [-0.1, -0.05) is 19.0 Å². The molecule has 8 heteroatoms. The minimum Gasteiger partial charge on any atom is -0.396 e. The Balaban J connectivity index is 1.36. The maximum absolute atomic E-state index is 12.3. The molecule has 0 spiro atoms. The van der Waals surface area contributed by atoms with Crippen molar-refractivity contribution in [3.8, 4) is 0 Å². The molecule has 200 valence electrons. The highest BCUT2D eigenvalue weighted by atomic mass is 16.6. The first kappa shape index (κ1) is 26.7. The number of nitrogens with zero attached hydrogens (tertiary/aromatic N) is 1. The molecular formula is C27H49N5O3. The molecule has 4 rings (SSSR count). The number of aliphatic hydroxyl groups is 1. The van der Waals surface area contributed by atoms with Crippen LogP contribution in [0.1, 0.15) is 84.5 Å². The highest BCUT2D eigenvalue weighted by Crippen LogP contribution is 2.68. The number of fused-ring (bicyclic) bond motifs is 5. The number of hydrogen-bond acceptors (Lipinski definition) is 6. The summed E-state index contributed by atoms with van der Waals surface area (Å²) in [7, 11) is 0. The lowest BCUT2D eigenvalue weighted by Gasteiger charge is -2.63. The Morgan fingerprint density at radius 2 is 1.91 bits per heavy atom. The molecular weight excluding hydrogens is 442 g/mol. The van der Waals surface area contributed by atoms with Crippen LogP contribution in [0, 0.1) is 39.9 Å². The molecule has 7 N–H and O–H groups in total. The monoisotopic (exact) mass is 491 g/mol. The zero-order chi connectivity index (χ0) is 25.1. The topological polar surface area (TPSA) is 139 Å². The summed E-state index contributed by atoms with van der Waals surface area (Å²) in [6.07, 6.45) is 14.0. The van der Waals surface area contributed by atoms with Crippen LogP contribution < -0.4 is 16.8 Å². The van der Waals surface area contributed by atoms with E-state index in [4.69, 9.17) is 26.5 Å². The van der Waals surface area contributed by atoms with E-state index in [-0.39, 0.29) is 17.3 Å². The van der Waals surface area contributed by atoms with Gasteiger partial charge in [-0.3, -0.25) is 5.41 Å².